The number of aliphatic hydroxyl groups excluding tert-OH is 1. The fourth-order valence-electron chi connectivity index (χ4n) is 2.50. The van der Waals surface area contributed by atoms with Crippen molar-refractivity contribution in [1.29, 1.82) is 0 Å². The van der Waals surface area contributed by atoms with E-state index in [2.05, 4.69) is 13.8 Å². The minimum absolute atomic E-state index is 0.0832. The predicted octanol–water partition coefficient (Wildman–Crippen LogP) is 4.64. The summed E-state index contributed by atoms with van der Waals surface area (Å²) in [5.41, 5.74) is 5.69. The summed E-state index contributed by atoms with van der Waals surface area (Å²) in [4.78, 5) is 0. The molecule has 0 saturated carbocycles. The largest absolute Gasteiger partial charge is 0.393 e. The van der Waals surface area contributed by atoms with Crippen LogP contribution >= 0.6 is 0 Å². The summed E-state index contributed by atoms with van der Waals surface area (Å²) in [6.07, 6.45) is 14.3. The maximum Gasteiger partial charge on any atom is 0.0577 e. The zero-order valence-electron chi connectivity index (χ0n) is 13.6. The van der Waals surface area contributed by atoms with Gasteiger partial charge in [-0.3, -0.25) is 0 Å². The molecule has 116 valence electrons. The van der Waals surface area contributed by atoms with Crippen LogP contribution in [0.3, 0.4) is 0 Å². The Kier molecular flexibility index (Phi) is 11.7. The van der Waals surface area contributed by atoms with Gasteiger partial charge in [-0.1, -0.05) is 78.1 Å². The highest BCUT2D eigenvalue weighted by Crippen LogP contribution is 2.27. The van der Waals surface area contributed by atoms with Gasteiger partial charge in [0.2, 0.25) is 0 Å². The van der Waals surface area contributed by atoms with E-state index >= 15 is 0 Å². The van der Waals surface area contributed by atoms with Crippen molar-refractivity contribution in [2.24, 2.45) is 11.1 Å². The lowest BCUT2D eigenvalue weighted by molar-refractivity contribution is 0.0500. The first-order valence-electron chi connectivity index (χ1n) is 8.45. The molecule has 0 heterocycles. The molecule has 0 aromatic carbocycles. The van der Waals surface area contributed by atoms with Gasteiger partial charge in [0.25, 0.3) is 0 Å². The number of hydrogen-bond donors (Lipinski definition) is 2. The minimum Gasteiger partial charge on any atom is -0.393 e. The molecule has 0 aromatic heterocycles. The lowest BCUT2D eigenvalue weighted by Crippen LogP contribution is -2.37. The van der Waals surface area contributed by atoms with E-state index in [1.165, 1.54) is 64.2 Å². The van der Waals surface area contributed by atoms with Crippen molar-refractivity contribution in [3.8, 4) is 0 Å². The highest BCUT2D eigenvalue weighted by molar-refractivity contribution is 4.80. The quantitative estimate of drug-likeness (QED) is 0.479. The first-order valence-corrected chi connectivity index (χ1v) is 8.45. The lowest BCUT2D eigenvalue weighted by atomic mass is 9.80. The summed E-state index contributed by atoms with van der Waals surface area (Å²) in [5.74, 6) is 0. The van der Waals surface area contributed by atoms with Crippen LogP contribution in [0.2, 0.25) is 0 Å². The topological polar surface area (TPSA) is 46.2 Å². The molecule has 2 nitrogen and oxygen atoms in total. The average molecular weight is 271 g/mol. The zero-order valence-corrected chi connectivity index (χ0v) is 13.6. The van der Waals surface area contributed by atoms with Crippen LogP contribution in [0.25, 0.3) is 0 Å². The van der Waals surface area contributed by atoms with Gasteiger partial charge in [-0.05, 0) is 13.3 Å². The van der Waals surface area contributed by atoms with E-state index in [0.717, 1.165) is 6.42 Å². The molecule has 3 N–H and O–H groups in total. The molecule has 19 heavy (non-hydrogen) atoms. The first kappa shape index (κ1) is 18.9. The van der Waals surface area contributed by atoms with Gasteiger partial charge in [-0.2, -0.15) is 0 Å². The Morgan fingerprint density at radius 3 is 1.68 bits per heavy atom. The molecule has 0 radical (unpaired) electrons. The smallest absolute Gasteiger partial charge is 0.0577 e. The summed E-state index contributed by atoms with van der Waals surface area (Å²) < 4.78 is 0. The van der Waals surface area contributed by atoms with Crippen molar-refractivity contribution in [1.82, 2.24) is 0 Å². The molecular formula is C17H37NO. The van der Waals surface area contributed by atoms with E-state index < -0.39 is 0 Å². The average Bonchev–Trinajstić information content (AvgIpc) is 2.40. The Morgan fingerprint density at radius 1 is 0.895 bits per heavy atom. The van der Waals surface area contributed by atoms with Gasteiger partial charge in [0.05, 0.1) is 6.10 Å². The van der Waals surface area contributed by atoms with Crippen LogP contribution in [-0.4, -0.2) is 17.8 Å². The number of nitrogens with two attached hydrogens (primary N) is 1. The predicted molar refractivity (Wildman–Crippen MR) is 85.3 cm³/mol. The van der Waals surface area contributed by atoms with Crippen LogP contribution in [0, 0.1) is 5.41 Å². The monoisotopic (exact) mass is 271 g/mol. The number of unbranched alkanes of at least 4 members (excludes halogenated alkanes) is 9. The molecule has 0 bridgehead atoms. The maximum atomic E-state index is 9.73. The van der Waals surface area contributed by atoms with Gasteiger partial charge < -0.3 is 10.8 Å². The van der Waals surface area contributed by atoms with Crippen LogP contribution in [0.4, 0.5) is 0 Å². The third-order valence-electron chi connectivity index (χ3n) is 4.58. The maximum absolute atomic E-state index is 9.73. The van der Waals surface area contributed by atoms with Crippen LogP contribution in [-0.2, 0) is 0 Å². The third kappa shape index (κ3) is 9.45. The molecule has 0 rings (SSSR count). The first-order chi connectivity index (χ1) is 9.06. The lowest BCUT2D eigenvalue weighted by Gasteiger charge is -2.31. The van der Waals surface area contributed by atoms with Gasteiger partial charge in [0.1, 0.15) is 0 Å². The Morgan fingerprint density at radius 2 is 1.32 bits per heavy atom. The van der Waals surface area contributed by atoms with E-state index in [0.29, 0.717) is 6.54 Å². The molecule has 2 unspecified atom stereocenters. The van der Waals surface area contributed by atoms with Gasteiger partial charge in [0, 0.05) is 12.0 Å². The molecular weight excluding hydrogens is 234 g/mol. The molecule has 0 aliphatic carbocycles. The molecule has 0 aliphatic heterocycles. The number of hydrogen-bond acceptors (Lipinski definition) is 2. The fraction of sp³-hybridized carbons (Fsp3) is 1.00. The molecule has 0 amide bonds. The zero-order chi connectivity index (χ0) is 14.6. The van der Waals surface area contributed by atoms with E-state index in [1.54, 1.807) is 0 Å². The van der Waals surface area contributed by atoms with Crippen LogP contribution in [0.1, 0.15) is 91.4 Å². The Hall–Kier alpha value is -0.0800. The highest BCUT2D eigenvalue weighted by atomic mass is 16.3. The van der Waals surface area contributed by atoms with Crippen LogP contribution < -0.4 is 5.73 Å². The van der Waals surface area contributed by atoms with Gasteiger partial charge >= 0.3 is 0 Å². The molecule has 0 spiro atoms. The normalized spacial score (nSPS) is 16.3. The molecule has 0 aromatic rings. The molecule has 2 atom stereocenters. The molecule has 2 heteroatoms. The number of aliphatic hydroxyl groups is 1. The standard InChI is InChI=1S/C17H37NO/c1-4-5-6-7-8-9-10-11-12-13-14-17(3,15-18)16(2)19/h16,19H,4-15,18H2,1-3H3. The van der Waals surface area contributed by atoms with Crippen molar-refractivity contribution in [2.45, 2.75) is 97.5 Å². The molecule has 0 saturated heterocycles. The van der Waals surface area contributed by atoms with E-state index in [-0.39, 0.29) is 11.5 Å². The summed E-state index contributed by atoms with van der Waals surface area (Å²) in [6.45, 7) is 6.82. The van der Waals surface area contributed by atoms with Crippen molar-refractivity contribution >= 4 is 0 Å². The van der Waals surface area contributed by atoms with Crippen LogP contribution in [0.5, 0.6) is 0 Å². The second-order valence-corrected chi connectivity index (χ2v) is 6.47. The Labute approximate surface area is 121 Å². The second-order valence-electron chi connectivity index (χ2n) is 6.47. The van der Waals surface area contributed by atoms with E-state index in [9.17, 15) is 5.11 Å². The fourth-order valence-corrected chi connectivity index (χ4v) is 2.50. The van der Waals surface area contributed by atoms with Gasteiger partial charge in [0.15, 0.2) is 0 Å². The molecule has 0 aliphatic rings. The van der Waals surface area contributed by atoms with Crippen LogP contribution in [0.15, 0.2) is 0 Å². The summed E-state index contributed by atoms with van der Waals surface area (Å²) in [6, 6.07) is 0. The van der Waals surface area contributed by atoms with Crippen molar-refractivity contribution in [3.63, 3.8) is 0 Å². The third-order valence-corrected chi connectivity index (χ3v) is 4.58. The highest BCUT2D eigenvalue weighted by Gasteiger charge is 2.27. The van der Waals surface area contributed by atoms with Gasteiger partial charge in [-0.15, -0.1) is 0 Å². The van der Waals surface area contributed by atoms with E-state index in [1.807, 2.05) is 6.92 Å². The van der Waals surface area contributed by atoms with Crippen molar-refractivity contribution < 1.29 is 5.11 Å². The summed E-state index contributed by atoms with van der Waals surface area (Å²) in [5, 5.41) is 9.73. The van der Waals surface area contributed by atoms with Crippen molar-refractivity contribution in [3.05, 3.63) is 0 Å². The summed E-state index contributed by atoms with van der Waals surface area (Å²) >= 11 is 0. The van der Waals surface area contributed by atoms with Crippen molar-refractivity contribution in [2.75, 3.05) is 6.54 Å². The Balaban J connectivity index is 3.35. The SMILES string of the molecule is CCCCCCCCCCCCC(C)(CN)C(C)O. The summed E-state index contributed by atoms with van der Waals surface area (Å²) in [7, 11) is 0. The Bertz CT molecular complexity index is 194. The van der Waals surface area contributed by atoms with E-state index in [4.69, 9.17) is 5.73 Å². The molecule has 0 fully saturated rings. The second kappa shape index (κ2) is 11.7. The van der Waals surface area contributed by atoms with Gasteiger partial charge in [-0.25, -0.2) is 0 Å². The number of rotatable bonds is 13. The minimum atomic E-state index is -0.295.